The molecule has 0 saturated carbocycles. The molecule has 1 aromatic rings. The molecule has 0 amide bonds. The Hall–Kier alpha value is -0.820. The van der Waals surface area contributed by atoms with E-state index in [4.69, 9.17) is 0 Å². The number of benzene rings is 1. The van der Waals surface area contributed by atoms with E-state index in [2.05, 4.69) is 64.6 Å². The van der Waals surface area contributed by atoms with E-state index in [9.17, 15) is 0 Å². The van der Waals surface area contributed by atoms with E-state index in [-0.39, 0.29) is 0 Å². The van der Waals surface area contributed by atoms with Gasteiger partial charge in [-0.1, -0.05) is 32.0 Å². The minimum absolute atomic E-state index is 0.598. The number of rotatable bonds is 6. The summed E-state index contributed by atoms with van der Waals surface area (Å²) < 4.78 is 0. The molecule has 0 unspecified atom stereocenters. The third kappa shape index (κ3) is 3.84. The Morgan fingerprint density at radius 2 is 1.50 bits per heavy atom. The SMILES string of the molecule is CCc1ccc(CN(C(C)C)C(C)C)c(CC)c1. The monoisotopic (exact) mass is 247 g/mol. The van der Waals surface area contributed by atoms with Crippen molar-refractivity contribution in [1.82, 2.24) is 4.90 Å². The van der Waals surface area contributed by atoms with Gasteiger partial charge in [-0.25, -0.2) is 0 Å². The molecule has 0 fully saturated rings. The zero-order chi connectivity index (χ0) is 13.7. The van der Waals surface area contributed by atoms with Crippen LogP contribution in [0.2, 0.25) is 0 Å². The van der Waals surface area contributed by atoms with Crippen LogP contribution in [0.5, 0.6) is 0 Å². The van der Waals surface area contributed by atoms with E-state index in [1.54, 1.807) is 0 Å². The minimum Gasteiger partial charge on any atom is -0.294 e. The topological polar surface area (TPSA) is 3.24 Å². The molecule has 0 N–H and O–H groups in total. The van der Waals surface area contributed by atoms with Crippen LogP contribution in [0.3, 0.4) is 0 Å². The Morgan fingerprint density at radius 3 is 1.94 bits per heavy atom. The fourth-order valence-corrected chi connectivity index (χ4v) is 2.54. The van der Waals surface area contributed by atoms with Gasteiger partial charge in [0.05, 0.1) is 0 Å². The second-order valence-electron chi connectivity index (χ2n) is 5.67. The number of hydrogen-bond donors (Lipinski definition) is 0. The van der Waals surface area contributed by atoms with Crippen LogP contribution in [0.15, 0.2) is 18.2 Å². The normalized spacial score (nSPS) is 11.8. The average Bonchev–Trinajstić information content (AvgIpc) is 2.34. The maximum absolute atomic E-state index is 2.56. The standard InChI is InChI=1S/C17H29N/c1-7-15-9-10-17(16(8-2)11-15)12-18(13(3)4)14(5)6/h9-11,13-14H,7-8,12H2,1-6H3. The first-order valence-electron chi connectivity index (χ1n) is 7.35. The highest BCUT2D eigenvalue weighted by molar-refractivity contribution is 5.32. The molecule has 102 valence electrons. The van der Waals surface area contributed by atoms with Crippen LogP contribution in [-0.4, -0.2) is 17.0 Å². The first-order valence-corrected chi connectivity index (χ1v) is 7.35. The Kier molecular flexibility index (Phi) is 5.87. The molecule has 0 saturated heterocycles. The summed E-state index contributed by atoms with van der Waals surface area (Å²) in [4.78, 5) is 2.56. The van der Waals surface area contributed by atoms with Gasteiger partial charge in [0, 0.05) is 18.6 Å². The number of nitrogens with zero attached hydrogens (tertiary/aromatic N) is 1. The Bertz CT molecular complexity index is 358. The minimum atomic E-state index is 0.598. The molecular weight excluding hydrogens is 218 g/mol. The zero-order valence-corrected chi connectivity index (χ0v) is 13.0. The van der Waals surface area contributed by atoms with E-state index in [1.807, 2.05) is 0 Å². The van der Waals surface area contributed by atoms with Gasteiger partial charge in [-0.3, -0.25) is 4.90 Å². The molecule has 1 nitrogen and oxygen atoms in total. The maximum atomic E-state index is 2.56. The third-order valence-corrected chi connectivity index (χ3v) is 3.74. The highest BCUT2D eigenvalue weighted by Gasteiger charge is 2.15. The maximum Gasteiger partial charge on any atom is 0.0241 e. The molecule has 0 bridgehead atoms. The van der Waals surface area contributed by atoms with Crippen LogP contribution >= 0.6 is 0 Å². The van der Waals surface area contributed by atoms with Gasteiger partial charge in [-0.05, 0) is 57.2 Å². The highest BCUT2D eigenvalue weighted by Crippen LogP contribution is 2.18. The van der Waals surface area contributed by atoms with Gasteiger partial charge in [-0.15, -0.1) is 0 Å². The molecule has 0 aliphatic rings. The van der Waals surface area contributed by atoms with Gasteiger partial charge < -0.3 is 0 Å². The summed E-state index contributed by atoms with van der Waals surface area (Å²) in [6, 6.07) is 8.19. The molecule has 0 atom stereocenters. The van der Waals surface area contributed by atoms with Crippen LogP contribution in [0, 0.1) is 0 Å². The summed E-state index contributed by atoms with van der Waals surface area (Å²) in [7, 11) is 0. The summed E-state index contributed by atoms with van der Waals surface area (Å²) in [5.74, 6) is 0. The van der Waals surface area contributed by atoms with E-state index < -0.39 is 0 Å². The van der Waals surface area contributed by atoms with Crippen LogP contribution in [-0.2, 0) is 19.4 Å². The first-order chi connectivity index (χ1) is 8.49. The first kappa shape index (κ1) is 15.2. The van der Waals surface area contributed by atoms with E-state index in [0.29, 0.717) is 12.1 Å². The smallest absolute Gasteiger partial charge is 0.0241 e. The van der Waals surface area contributed by atoms with Gasteiger partial charge >= 0.3 is 0 Å². The van der Waals surface area contributed by atoms with Crippen molar-refractivity contribution in [3.63, 3.8) is 0 Å². The second-order valence-corrected chi connectivity index (χ2v) is 5.67. The molecule has 0 aromatic heterocycles. The van der Waals surface area contributed by atoms with E-state index in [1.165, 1.54) is 16.7 Å². The molecule has 1 rings (SSSR count). The molecule has 0 heterocycles. The Morgan fingerprint density at radius 1 is 0.889 bits per heavy atom. The average molecular weight is 247 g/mol. The third-order valence-electron chi connectivity index (χ3n) is 3.74. The number of hydrogen-bond acceptors (Lipinski definition) is 1. The van der Waals surface area contributed by atoms with Crippen molar-refractivity contribution in [3.05, 3.63) is 34.9 Å². The van der Waals surface area contributed by atoms with Crippen molar-refractivity contribution in [2.75, 3.05) is 0 Å². The summed E-state index contributed by atoms with van der Waals surface area (Å²) in [6.07, 6.45) is 2.26. The lowest BCUT2D eigenvalue weighted by atomic mass is 9.99. The van der Waals surface area contributed by atoms with Gasteiger partial charge in [0.15, 0.2) is 0 Å². The van der Waals surface area contributed by atoms with Crippen molar-refractivity contribution in [2.24, 2.45) is 0 Å². The van der Waals surface area contributed by atoms with Gasteiger partial charge in [0.2, 0.25) is 0 Å². The van der Waals surface area contributed by atoms with Crippen molar-refractivity contribution in [3.8, 4) is 0 Å². The predicted molar refractivity (Wildman–Crippen MR) is 81.0 cm³/mol. The fourth-order valence-electron chi connectivity index (χ4n) is 2.54. The predicted octanol–water partition coefficient (Wildman–Crippen LogP) is 4.43. The molecule has 0 radical (unpaired) electrons. The molecule has 18 heavy (non-hydrogen) atoms. The molecular formula is C17H29N. The lowest BCUT2D eigenvalue weighted by molar-refractivity contribution is 0.165. The fraction of sp³-hybridized carbons (Fsp3) is 0.647. The highest BCUT2D eigenvalue weighted by atomic mass is 15.2. The van der Waals surface area contributed by atoms with Crippen LogP contribution in [0.1, 0.15) is 58.2 Å². The van der Waals surface area contributed by atoms with E-state index >= 15 is 0 Å². The van der Waals surface area contributed by atoms with Crippen molar-refractivity contribution >= 4 is 0 Å². The van der Waals surface area contributed by atoms with Crippen LogP contribution in [0.4, 0.5) is 0 Å². The van der Waals surface area contributed by atoms with Gasteiger partial charge in [0.25, 0.3) is 0 Å². The largest absolute Gasteiger partial charge is 0.294 e. The van der Waals surface area contributed by atoms with Crippen LogP contribution in [0.25, 0.3) is 0 Å². The Balaban J connectivity index is 2.95. The quantitative estimate of drug-likeness (QED) is 0.719. The summed E-state index contributed by atoms with van der Waals surface area (Å²) in [5.41, 5.74) is 4.47. The molecule has 0 aliphatic carbocycles. The molecule has 1 aromatic carbocycles. The zero-order valence-electron chi connectivity index (χ0n) is 13.0. The van der Waals surface area contributed by atoms with Crippen molar-refractivity contribution in [1.29, 1.82) is 0 Å². The van der Waals surface area contributed by atoms with Gasteiger partial charge in [0.1, 0.15) is 0 Å². The molecule has 1 heteroatoms. The molecule has 0 spiro atoms. The van der Waals surface area contributed by atoms with Gasteiger partial charge in [-0.2, -0.15) is 0 Å². The van der Waals surface area contributed by atoms with Crippen molar-refractivity contribution < 1.29 is 0 Å². The van der Waals surface area contributed by atoms with Crippen LogP contribution < -0.4 is 0 Å². The second kappa shape index (κ2) is 6.94. The lowest BCUT2D eigenvalue weighted by Crippen LogP contribution is -2.36. The lowest BCUT2D eigenvalue weighted by Gasteiger charge is -2.31. The summed E-state index contributed by atoms with van der Waals surface area (Å²) in [5, 5.41) is 0. The van der Waals surface area contributed by atoms with E-state index in [0.717, 1.165) is 19.4 Å². The summed E-state index contributed by atoms with van der Waals surface area (Å²) >= 11 is 0. The number of aryl methyl sites for hydroxylation is 2. The van der Waals surface area contributed by atoms with Crippen molar-refractivity contribution in [2.45, 2.75) is 73.0 Å². The molecule has 0 aliphatic heterocycles. The summed E-state index contributed by atoms with van der Waals surface area (Å²) in [6.45, 7) is 14.7. The Labute approximate surface area is 113 Å².